The fraction of sp³-hybridized carbons (Fsp3) is 0. The topological polar surface area (TPSA) is 55.1 Å². The molecule has 0 aliphatic rings. The Morgan fingerprint density at radius 3 is 2.57 bits per heavy atom. The highest BCUT2D eigenvalue weighted by Gasteiger charge is 2.06. The second kappa shape index (κ2) is 4.59. The molecule has 3 N–H and O–H groups in total. The molecular weight excluding hydrogens is 243 g/mol. The van der Waals surface area contributed by atoms with E-state index in [2.05, 4.69) is 17.5 Å². The molecule has 0 radical (unpaired) electrons. The maximum atomic E-state index is 10.6. The SMILES string of the molecule is NC(=O)C(=S)Nc1ccc(Cl)cc1Cl. The highest BCUT2D eigenvalue weighted by Crippen LogP contribution is 2.25. The van der Waals surface area contributed by atoms with Crippen molar-refractivity contribution in [3.05, 3.63) is 28.2 Å². The van der Waals surface area contributed by atoms with Crippen LogP contribution in [0.15, 0.2) is 18.2 Å². The van der Waals surface area contributed by atoms with Crippen LogP contribution in [0.3, 0.4) is 0 Å². The normalized spacial score (nSPS) is 9.57. The van der Waals surface area contributed by atoms with E-state index in [9.17, 15) is 4.79 Å². The zero-order valence-electron chi connectivity index (χ0n) is 6.88. The van der Waals surface area contributed by atoms with Crippen molar-refractivity contribution in [2.75, 3.05) is 5.32 Å². The summed E-state index contributed by atoms with van der Waals surface area (Å²) in [6.45, 7) is 0. The molecule has 0 spiro atoms. The van der Waals surface area contributed by atoms with Crippen molar-refractivity contribution in [1.82, 2.24) is 0 Å². The molecule has 1 aromatic carbocycles. The van der Waals surface area contributed by atoms with Crippen LogP contribution >= 0.6 is 35.4 Å². The van der Waals surface area contributed by atoms with Crippen LogP contribution in [0.1, 0.15) is 0 Å². The van der Waals surface area contributed by atoms with Crippen molar-refractivity contribution in [3.63, 3.8) is 0 Å². The first-order valence-electron chi connectivity index (χ1n) is 3.56. The van der Waals surface area contributed by atoms with Crippen LogP contribution in [0, 0.1) is 0 Å². The van der Waals surface area contributed by atoms with Crippen molar-refractivity contribution in [3.8, 4) is 0 Å². The molecule has 0 aromatic heterocycles. The fourth-order valence-corrected chi connectivity index (χ4v) is 1.34. The first kappa shape index (κ1) is 11.2. The molecule has 0 saturated carbocycles. The second-order valence-electron chi connectivity index (χ2n) is 2.44. The van der Waals surface area contributed by atoms with E-state index >= 15 is 0 Å². The minimum Gasteiger partial charge on any atom is -0.364 e. The minimum atomic E-state index is -0.703. The van der Waals surface area contributed by atoms with Gasteiger partial charge in [0.1, 0.15) is 0 Å². The molecule has 1 aromatic rings. The lowest BCUT2D eigenvalue weighted by atomic mass is 10.3. The Hall–Kier alpha value is -0.840. The molecule has 0 aliphatic heterocycles. The van der Waals surface area contributed by atoms with Gasteiger partial charge < -0.3 is 11.1 Å². The lowest BCUT2D eigenvalue weighted by Gasteiger charge is -2.06. The number of hydrogen-bond acceptors (Lipinski definition) is 2. The van der Waals surface area contributed by atoms with Gasteiger partial charge in [-0.25, -0.2) is 0 Å². The Bertz CT molecular complexity index is 395. The molecule has 0 heterocycles. The van der Waals surface area contributed by atoms with Gasteiger partial charge in [0.2, 0.25) is 0 Å². The number of amides is 1. The van der Waals surface area contributed by atoms with Crippen molar-refractivity contribution in [1.29, 1.82) is 0 Å². The molecule has 3 nitrogen and oxygen atoms in total. The molecular formula is C8H6Cl2N2OS. The summed E-state index contributed by atoms with van der Waals surface area (Å²) in [5.41, 5.74) is 5.45. The summed E-state index contributed by atoms with van der Waals surface area (Å²) in [5.74, 6) is -0.703. The lowest BCUT2D eigenvalue weighted by Crippen LogP contribution is -2.27. The number of nitrogens with two attached hydrogens (primary N) is 1. The molecule has 1 rings (SSSR count). The zero-order valence-corrected chi connectivity index (χ0v) is 9.21. The Labute approximate surface area is 96.2 Å². The second-order valence-corrected chi connectivity index (χ2v) is 3.69. The van der Waals surface area contributed by atoms with E-state index < -0.39 is 5.91 Å². The maximum absolute atomic E-state index is 10.6. The first-order valence-corrected chi connectivity index (χ1v) is 4.73. The summed E-state index contributed by atoms with van der Waals surface area (Å²) in [6.07, 6.45) is 0. The number of halogens is 2. The van der Waals surface area contributed by atoms with Crippen molar-refractivity contribution in [2.45, 2.75) is 0 Å². The van der Waals surface area contributed by atoms with Crippen LogP contribution in [0.25, 0.3) is 0 Å². The van der Waals surface area contributed by atoms with Gasteiger partial charge in [-0.05, 0) is 18.2 Å². The van der Waals surface area contributed by atoms with Crippen LogP contribution in [0.5, 0.6) is 0 Å². The van der Waals surface area contributed by atoms with Gasteiger partial charge in [-0.1, -0.05) is 35.4 Å². The average Bonchev–Trinajstić information content (AvgIpc) is 2.09. The fourth-order valence-electron chi connectivity index (χ4n) is 0.775. The van der Waals surface area contributed by atoms with Crippen molar-refractivity contribution >= 4 is 52.0 Å². The number of hydrogen-bond donors (Lipinski definition) is 2. The monoisotopic (exact) mass is 248 g/mol. The Balaban J connectivity index is 2.87. The van der Waals surface area contributed by atoms with Crippen LogP contribution in [-0.4, -0.2) is 10.9 Å². The summed E-state index contributed by atoms with van der Waals surface area (Å²) in [7, 11) is 0. The third-order valence-electron chi connectivity index (χ3n) is 1.40. The van der Waals surface area contributed by atoms with E-state index in [0.717, 1.165) is 0 Å². The minimum absolute atomic E-state index is 0.0887. The molecule has 74 valence electrons. The van der Waals surface area contributed by atoms with Crippen LogP contribution < -0.4 is 11.1 Å². The quantitative estimate of drug-likeness (QED) is 0.750. The van der Waals surface area contributed by atoms with E-state index in [1.807, 2.05) is 0 Å². The van der Waals surface area contributed by atoms with Gasteiger partial charge >= 0.3 is 0 Å². The van der Waals surface area contributed by atoms with Gasteiger partial charge in [0.25, 0.3) is 5.91 Å². The number of anilines is 1. The molecule has 0 fully saturated rings. The molecule has 0 aliphatic carbocycles. The average molecular weight is 249 g/mol. The van der Waals surface area contributed by atoms with Gasteiger partial charge in [-0.3, -0.25) is 4.79 Å². The number of thiocarbonyl (C=S) groups is 1. The van der Waals surface area contributed by atoms with Gasteiger partial charge in [0.05, 0.1) is 10.7 Å². The molecule has 1 amide bonds. The summed E-state index contributed by atoms with van der Waals surface area (Å²) in [6, 6.07) is 4.77. The van der Waals surface area contributed by atoms with Crippen LogP contribution in [0.4, 0.5) is 5.69 Å². The molecule has 0 bridgehead atoms. The third kappa shape index (κ3) is 2.83. The number of primary amides is 1. The van der Waals surface area contributed by atoms with E-state index in [-0.39, 0.29) is 4.99 Å². The molecule has 6 heteroatoms. The standard InChI is InChI=1S/C8H6Cl2N2OS/c9-4-1-2-6(5(10)3-4)12-8(14)7(11)13/h1-3H,(H2,11,13)(H,12,14). The number of carbonyl (C=O) groups is 1. The summed E-state index contributed by atoms with van der Waals surface area (Å²) >= 11 is 16.2. The molecule has 0 saturated heterocycles. The van der Waals surface area contributed by atoms with Crippen molar-refractivity contribution < 1.29 is 4.79 Å². The summed E-state index contributed by atoms with van der Waals surface area (Å²) < 4.78 is 0. The summed E-state index contributed by atoms with van der Waals surface area (Å²) in [4.78, 5) is 10.5. The van der Waals surface area contributed by atoms with E-state index in [4.69, 9.17) is 28.9 Å². The smallest absolute Gasteiger partial charge is 0.276 e. The molecule has 0 unspecified atom stereocenters. The third-order valence-corrected chi connectivity index (χ3v) is 2.25. The predicted molar refractivity (Wildman–Crippen MR) is 61.9 cm³/mol. The lowest BCUT2D eigenvalue weighted by molar-refractivity contribution is -0.111. The Morgan fingerprint density at radius 1 is 1.43 bits per heavy atom. The van der Waals surface area contributed by atoms with Crippen molar-refractivity contribution in [2.24, 2.45) is 5.73 Å². The Kier molecular flexibility index (Phi) is 3.69. The van der Waals surface area contributed by atoms with Crippen LogP contribution in [0.2, 0.25) is 10.0 Å². The predicted octanol–water partition coefficient (Wildman–Crippen LogP) is 2.22. The van der Waals surface area contributed by atoms with Gasteiger partial charge in [0.15, 0.2) is 4.99 Å². The van der Waals surface area contributed by atoms with Crippen LogP contribution in [-0.2, 0) is 4.79 Å². The first-order chi connectivity index (χ1) is 6.50. The number of carbonyl (C=O) groups excluding carboxylic acids is 1. The number of rotatable bonds is 1. The molecule has 14 heavy (non-hydrogen) atoms. The number of benzene rings is 1. The summed E-state index contributed by atoms with van der Waals surface area (Å²) in [5, 5.41) is 3.48. The largest absolute Gasteiger partial charge is 0.364 e. The van der Waals surface area contributed by atoms with Gasteiger partial charge in [0, 0.05) is 5.02 Å². The number of nitrogens with one attached hydrogen (secondary N) is 1. The van der Waals surface area contributed by atoms with E-state index in [0.29, 0.717) is 15.7 Å². The van der Waals surface area contributed by atoms with Gasteiger partial charge in [-0.2, -0.15) is 0 Å². The maximum Gasteiger partial charge on any atom is 0.276 e. The molecule has 0 atom stereocenters. The highest BCUT2D eigenvalue weighted by atomic mass is 35.5. The van der Waals surface area contributed by atoms with E-state index in [1.165, 1.54) is 6.07 Å². The zero-order chi connectivity index (χ0) is 10.7. The van der Waals surface area contributed by atoms with Gasteiger partial charge in [-0.15, -0.1) is 0 Å². The highest BCUT2D eigenvalue weighted by molar-refractivity contribution is 7.82. The Morgan fingerprint density at radius 2 is 2.07 bits per heavy atom. The van der Waals surface area contributed by atoms with E-state index in [1.54, 1.807) is 12.1 Å².